The summed E-state index contributed by atoms with van der Waals surface area (Å²) in [6.45, 7) is 7.16. The van der Waals surface area contributed by atoms with Crippen LogP contribution >= 0.6 is 0 Å². The summed E-state index contributed by atoms with van der Waals surface area (Å²) < 4.78 is 5.64. The average molecular weight is 216 g/mol. The van der Waals surface area contributed by atoms with Crippen molar-refractivity contribution in [2.45, 2.75) is 45.8 Å². The highest BCUT2D eigenvalue weighted by Crippen LogP contribution is 2.30. The third-order valence-electron chi connectivity index (χ3n) is 3.05. The molecule has 0 aliphatic heterocycles. The Morgan fingerprint density at radius 3 is 2.94 bits per heavy atom. The van der Waals surface area contributed by atoms with E-state index in [-0.39, 0.29) is 0 Å². The summed E-state index contributed by atoms with van der Waals surface area (Å²) in [4.78, 5) is 0. The molecule has 0 bridgehead atoms. The minimum atomic E-state index is 0.299. The Kier molecular flexibility index (Phi) is 3.45. The van der Waals surface area contributed by atoms with Crippen molar-refractivity contribution in [3.8, 4) is 0 Å². The van der Waals surface area contributed by atoms with Gasteiger partial charge in [0.1, 0.15) is 0 Å². The molecule has 0 amide bonds. The summed E-state index contributed by atoms with van der Waals surface area (Å²) in [5, 5.41) is 0. The van der Waals surface area contributed by atoms with E-state index in [1.165, 1.54) is 16.7 Å². The zero-order valence-corrected chi connectivity index (χ0v) is 10.4. The molecule has 86 valence electrons. The maximum Gasteiger partial charge on any atom is 0.0720 e. The first-order chi connectivity index (χ1) is 7.66. The minimum Gasteiger partial charge on any atom is -0.374 e. The highest BCUT2D eigenvalue weighted by Gasteiger charge is 2.12. The molecule has 0 saturated heterocycles. The standard InChI is InChI=1S/C15H20O/c1-11(2)16-10-13-7-8-14-6-4-5-12(3)15(14)9-13/h4,6-9,11-12H,5,10H2,1-3H3. The highest BCUT2D eigenvalue weighted by atomic mass is 16.5. The zero-order chi connectivity index (χ0) is 11.5. The van der Waals surface area contributed by atoms with Gasteiger partial charge in [-0.3, -0.25) is 0 Å². The predicted octanol–water partition coefficient (Wildman–Crippen LogP) is 4.13. The topological polar surface area (TPSA) is 9.23 Å². The van der Waals surface area contributed by atoms with Gasteiger partial charge in [0.05, 0.1) is 12.7 Å². The molecular formula is C15H20O. The van der Waals surface area contributed by atoms with Crippen molar-refractivity contribution in [2.24, 2.45) is 0 Å². The van der Waals surface area contributed by atoms with Gasteiger partial charge in [0.15, 0.2) is 0 Å². The van der Waals surface area contributed by atoms with E-state index in [0.717, 1.165) is 13.0 Å². The predicted molar refractivity (Wildman–Crippen MR) is 68.4 cm³/mol. The van der Waals surface area contributed by atoms with Gasteiger partial charge in [-0.1, -0.05) is 37.3 Å². The normalized spacial score (nSPS) is 18.9. The van der Waals surface area contributed by atoms with Crippen molar-refractivity contribution in [1.29, 1.82) is 0 Å². The van der Waals surface area contributed by atoms with Gasteiger partial charge in [-0.05, 0) is 42.9 Å². The van der Waals surface area contributed by atoms with Crippen LogP contribution in [0, 0.1) is 0 Å². The van der Waals surface area contributed by atoms with E-state index in [1.807, 2.05) is 0 Å². The Morgan fingerprint density at radius 2 is 2.19 bits per heavy atom. The van der Waals surface area contributed by atoms with E-state index >= 15 is 0 Å². The van der Waals surface area contributed by atoms with Crippen LogP contribution in [-0.4, -0.2) is 6.10 Å². The molecule has 0 radical (unpaired) electrons. The van der Waals surface area contributed by atoms with Crippen LogP contribution in [0.5, 0.6) is 0 Å². The molecule has 1 unspecified atom stereocenters. The first kappa shape index (κ1) is 11.4. The van der Waals surface area contributed by atoms with Gasteiger partial charge in [-0.2, -0.15) is 0 Å². The number of ether oxygens (including phenoxy) is 1. The molecule has 1 atom stereocenters. The minimum absolute atomic E-state index is 0.299. The van der Waals surface area contributed by atoms with Gasteiger partial charge in [-0.25, -0.2) is 0 Å². The highest BCUT2D eigenvalue weighted by molar-refractivity contribution is 5.58. The molecule has 1 aliphatic rings. The van der Waals surface area contributed by atoms with Crippen LogP contribution in [0.2, 0.25) is 0 Å². The summed E-state index contributed by atoms with van der Waals surface area (Å²) in [7, 11) is 0. The molecule has 2 rings (SSSR count). The molecule has 1 aromatic rings. The molecule has 0 aromatic heterocycles. The molecule has 0 heterocycles. The summed E-state index contributed by atoms with van der Waals surface area (Å²) in [6, 6.07) is 6.68. The van der Waals surface area contributed by atoms with E-state index < -0.39 is 0 Å². The number of allylic oxidation sites excluding steroid dienone is 1. The molecule has 0 N–H and O–H groups in total. The molecule has 1 aliphatic carbocycles. The number of fused-ring (bicyclic) bond motifs is 1. The van der Waals surface area contributed by atoms with E-state index in [1.54, 1.807) is 0 Å². The van der Waals surface area contributed by atoms with Crippen molar-refractivity contribution in [1.82, 2.24) is 0 Å². The van der Waals surface area contributed by atoms with E-state index in [0.29, 0.717) is 12.0 Å². The largest absolute Gasteiger partial charge is 0.374 e. The fourth-order valence-corrected chi connectivity index (χ4v) is 2.08. The van der Waals surface area contributed by atoms with Gasteiger partial charge in [0, 0.05) is 0 Å². The lowest BCUT2D eigenvalue weighted by Crippen LogP contribution is -2.05. The van der Waals surface area contributed by atoms with Crippen LogP contribution in [0.25, 0.3) is 6.08 Å². The summed E-state index contributed by atoms with van der Waals surface area (Å²) in [5.41, 5.74) is 4.12. The van der Waals surface area contributed by atoms with E-state index in [4.69, 9.17) is 4.74 Å². The van der Waals surface area contributed by atoms with Gasteiger partial charge in [0.25, 0.3) is 0 Å². The first-order valence-corrected chi connectivity index (χ1v) is 6.08. The SMILES string of the molecule is CC(C)OCc1ccc2c(c1)C(C)CC=C2. The Morgan fingerprint density at radius 1 is 1.38 bits per heavy atom. The van der Waals surface area contributed by atoms with Crippen LogP contribution in [-0.2, 0) is 11.3 Å². The fourth-order valence-electron chi connectivity index (χ4n) is 2.08. The van der Waals surface area contributed by atoms with Crippen LogP contribution in [0.3, 0.4) is 0 Å². The van der Waals surface area contributed by atoms with Crippen LogP contribution in [0.4, 0.5) is 0 Å². The van der Waals surface area contributed by atoms with Gasteiger partial charge in [0.2, 0.25) is 0 Å². The second-order valence-electron chi connectivity index (χ2n) is 4.86. The quantitative estimate of drug-likeness (QED) is 0.738. The Balaban J connectivity index is 2.18. The molecule has 0 fully saturated rings. The third-order valence-corrected chi connectivity index (χ3v) is 3.05. The number of benzene rings is 1. The Bertz CT molecular complexity index is 390. The summed E-state index contributed by atoms with van der Waals surface area (Å²) in [6.07, 6.45) is 5.94. The number of rotatable bonds is 3. The Hall–Kier alpha value is -1.08. The Labute approximate surface area is 98.1 Å². The molecular weight excluding hydrogens is 196 g/mol. The van der Waals surface area contributed by atoms with Crippen molar-refractivity contribution >= 4 is 6.08 Å². The monoisotopic (exact) mass is 216 g/mol. The smallest absolute Gasteiger partial charge is 0.0720 e. The molecule has 16 heavy (non-hydrogen) atoms. The molecule has 1 nitrogen and oxygen atoms in total. The van der Waals surface area contributed by atoms with Crippen LogP contribution in [0.15, 0.2) is 24.3 Å². The first-order valence-electron chi connectivity index (χ1n) is 6.08. The van der Waals surface area contributed by atoms with Crippen molar-refractivity contribution in [3.63, 3.8) is 0 Å². The van der Waals surface area contributed by atoms with E-state index in [2.05, 4.69) is 51.1 Å². The van der Waals surface area contributed by atoms with Crippen molar-refractivity contribution in [3.05, 3.63) is 41.0 Å². The maximum atomic E-state index is 5.64. The lowest BCUT2D eigenvalue weighted by molar-refractivity contribution is 0.0656. The van der Waals surface area contributed by atoms with Crippen molar-refractivity contribution < 1.29 is 4.74 Å². The van der Waals surface area contributed by atoms with Gasteiger partial charge < -0.3 is 4.74 Å². The lowest BCUT2D eigenvalue weighted by Gasteiger charge is -2.19. The molecule has 0 saturated carbocycles. The molecule has 1 heteroatoms. The molecule has 0 spiro atoms. The van der Waals surface area contributed by atoms with Crippen molar-refractivity contribution in [2.75, 3.05) is 0 Å². The molecule has 1 aromatic carbocycles. The van der Waals surface area contributed by atoms with Crippen LogP contribution < -0.4 is 0 Å². The van der Waals surface area contributed by atoms with E-state index in [9.17, 15) is 0 Å². The lowest BCUT2D eigenvalue weighted by atomic mass is 9.87. The second kappa shape index (κ2) is 4.84. The summed E-state index contributed by atoms with van der Waals surface area (Å²) >= 11 is 0. The fraction of sp³-hybridized carbons (Fsp3) is 0.467. The average Bonchev–Trinajstić information content (AvgIpc) is 2.27. The maximum absolute atomic E-state index is 5.64. The van der Waals surface area contributed by atoms with Gasteiger partial charge in [-0.15, -0.1) is 0 Å². The zero-order valence-electron chi connectivity index (χ0n) is 10.4. The third kappa shape index (κ3) is 2.53. The number of hydrogen-bond donors (Lipinski definition) is 0. The van der Waals surface area contributed by atoms with Crippen LogP contribution in [0.1, 0.15) is 49.8 Å². The second-order valence-corrected chi connectivity index (χ2v) is 4.86. The number of hydrogen-bond acceptors (Lipinski definition) is 1. The van der Waals surface area contributed by atoms with Gasteiger partial charge >= 0.3 is 0 Å². The summed E-state index contributed by atoms with van der Waals surface area (Å²) in [5.74, 6) is 0.638.